The Kier molecular flexibility index (Phi) is 7.32. The van der Waals surface area contributed by atoms with Crippen molar-refractivity contribution in [2.24, 2.45) is 11.7 Å². The Hall–Kier alpha value is -0.670. The van der Waals surface area contributed by atoms with Crippen LogP contribution in [-0.4, -0.2) is 56.5 Å². The Morgan fingerprint density at radius 2 is 1.74 bits per heavy atom. The third-order valence-corrected chi connectivity index (χ3v) is 3.51. The zero-order valence-corrected chi connectivity index (χ0v) is 12.2. The minimum absolute atomic E-state index is 0.360. The van der Waals surface area contributed by atoms with Gasteiger partial charge in [-0.3, -0.25) is 4.90 Å². The van der Waals surface area contributed by atoms with Crippen molar-refractivity contribution in [3.63, 3.8) is 0 Å². The predicted octanol–water partition coefficient (Wildman–Crippen LogP) is 0.992. The van der Waals surface area contributed by atoms with Gasteiger partial charge >= 0.3 is 0 Å². The van der Waals surface area contributed by atoms with E-state index in [1.165, 1.54) is 0 Å². The molecule has 1 unspecified atom stereocenters. The number of hydrogen-bond donors (Lipinski definition) is 1. The molecule has 1 atom stereocenters. The predicted molar refractivity (Wildman–Crippen MR) is 74.7 cm³/mol. The lowest BCUT2D eigenvalue weighted by molar-refractivity contribution is 0.0748. The van der Waals surface area contributed by atoms with Crippen molar-refractivity contribution < 1.29 is 9.47 Å². The maximum absolute atomic E-state index is 9.32. The van der Waals surface area contributed by atoms with E-state index in [2.05, 4.69) is 11.0 Å². The molecule has 0 radical (unpaired) electrons. The molecule has 0 saturated heterocycles. The normalized spacial score (nSPS) is 18.3. The van der Waals surface area contributed by atoms with Crippen LogP contribution in [0.2, 0.25) is 0 Å². The van der Waals surface area contributed by atoms with Gasteiger partial charge in [-0.05, 0) is 32.6 Å². The molecule has 0 heterocycles. The quantitative estimate of drug-likeness (QED) is 0.566. The molecule has 1 saturated carbocycles. The van der Waals surface area contributed by atoms with E-state index in [4.69, 9.17) is 15.2 Å². The first kappa shape index (κ1) is 16.4. The second kappa shape index (κ2) is 8.49. The van der Waals surface area contributed by atoms with E-state index in [0.29, 0.717) is 38.9 Å². The lowest BCUT2D eigenvalue weighted by Crippen LogP contribution is -2.52. The highest BCUT2D eigenvalue weighted by Gasteiger charge is 2.43. The highest BCUT2D eigenvalue weighted by molar-refractivity contribution is 5.14. The van der Waals surface area contributed by atoms with Crippen molar-refractivity contribution in [1.29, 1.82) is 5.26 Å². The number of rotatable bonds is 11. The molecule has 1 rings (SSSR count). The number of ether oxygens (including phenoxy) is 2. The SMILES string of the molecule is CCOCCN(CCOCC)CC(N)(C#N)C1CC1. The van der Waals surface area contributed by atoms with E-state index in [-0.39, 0.29) is 0 Å². The standard InChI is InChI=1S/C14H27N3O2/c1-3-18-9-7-17(8-10-19-4-2)12-14(16,11-15)13-5-6-13/h13H,3-10,12,16H2,1-2H3. The van der Waals surface area contributed by atoms with Gasteiger partial charge in [0.2, 0.25) is 0 Å². The smallest absolute Gasteiger partial charge is 0.119 e. The van der Waals surface area contributed by atoms with E-state index < -0.39 is 5.54 Å². The Bertz CT molecular complexity index is 279. The van der Waals surface area contributed by atoms with Crippen molar-refractivity contribution in [2.75, 3.05) is 46.1 Å². The summed E-state index contributed by atoms with van der Waals surface area (Å²) < 4.78 is 10.8. The summed E-state index contributed by atoms with van der Waals surface area (Å²) in [6.45, 7) is 8.96. The van der Waals surface area contributed by atoms with Crippen molar-refractivity contribution >= 4 is 0 Å². The van der Waals surface area contributed by atoms with Crippen LogP contribution in [-0.2, 0) is 9.47 Å². The molecule has 0 aliphatic heterocycles. The Morgan fingerprint density at radius 1 is 1.21 bits per heavy atom. The average Bonchev–Trinajstić information content (AvgIpc) is 3.23. The maximum atomic E-state index is 9.32. The summed E-state index contributed by atoms with van der Waals surface area (Å²) >= 11 is 0. The second-order valence-corrected chi connectivity index (χ2v) is 5.10. The first-order chi connectivity index (χ1) is 9.16. The van der Waals surface area contributed by atoms with Crippen LogP contribution in [0, 0.1) is 17.2 Å². The Labute approximate surface area is 116 Å². The highest BCUT2D eigenvalue weighted by Crippen LogP contribution is 2.38. The van der Waals surface area contributed by atoms with Gasteiger partial charge in [-0.15, -0.1) is 0 Å². The first-order valence-corrected chi connectivity index (χ1v) is 7.24. The lowest BCUT2D eigenvalue weighted by atomic mass is 9.96. The maximum Gasteiger partial charge on any atom is 0.119 e. The van der Waals surface area contributed by atoms with E-state index >= 15 is 0 Å². The largest absolute Gasteiger partial charge is 0.380 e. The van der Waals surface area contributed by atoms with Crippen LogP contribution in [0.5, 0.6) is 0 Å². The molecule has 19 heavy (non-hydrogen) atoms. The molecular formula is C14H27N3O2. The van der Waals surface area contributed by atoms with Gasteiger partial charge in [0.15, 0.2) is 0 Å². The molecule has 0 aromatic heterocycles. The van der Waals surface area contributed by atoms with Crippen molar-refractivity contribution in [2.45, 2.75) is 32.2 Å². The molecule has 5 nitrogen and oxygen atoms in total. The van der Waals surface area contributed by atoms with Gasteiger partial charge in [0.25, 0.3) is 0 Å². The fraction of sp³-hybridized carbons (Fsp3) is 0.929. The van der Waals surface area contributed by atoms with Crippen LogP contribution in [0.1, 0.15) is 26.7 Å². The zero-order valence-electron chi connectivity index (χ0n) is 12.2. The minimum Gasteiger partial charge on any atom is -0.380 e. The molecular weight excluding hydrogens is 242 g/mol. The van der Waals surface area contributed by atoms with Gasteiger partial charge in [-0.1, -0.05) is 0 Å². The summed E-state index contributed by atoms with van der Waals surface area (Å²) in [5, 5.41) is 9.32. The average molecular weight is 269 g/mol. The Balaban J connectivity index is 2.43. The highest BCUT2D eigenvalue weighted by atomic mass is 16.5. The molecule has 0 aromatic carbocycles. The summed E-state index contributed by atoms with van der Waals surface area (Å²) in [5.41, 5.74) is 5.52. The van der Waals surface area contributed by atoms with Crippen LogP contribution in [0.15, 0.2) is 0 Å². The van der Waals surface area contributed by atoms with Crippen molar-refractivity contribution in [1.82, 2.24) is 4.90 Å². The molecule has 1 fully saturated rings. The van der Waals surface area contributed by atoms with E-state index in [1.54, 1.807) is 0 Å². The van der Waals surface area contributed by atoms with Gasteiger partial charge in [0.1, 0.15) is 5.54 Å². The van der Waals surface area contributed by atoms with Crippen LogP contribution in [0.3, 0.4) is 0 Å². The van der Waals surface area contributed by atoms with Crippen molar-refractivity contribution in [3.8, 4) is 6.07 Å². The fourth-order valence-corrected chi connectivity index (χ4v) is 2.17. The summed E-state index contributed by atoms with van der Waals surface area (Å²) in [4.78, 5) is 2.19. The molecule has 2 N–H and O–H groups in total. The van der Waals surface area contributed by atoms with Crippen LogP contribution < -0.4 is 5.73 Å². The first-order valence-electron chi connectivity index (χ1n) is 7.24. The fourth-order valence-electron chi connectivity index (χ4n) is 2.17. The van der Waals surface area contributed by atoms with Gasteiger partial charge in [0, 0.05) is 32.8 Å². The molecule has 5 heteroatoms. The van der Waals surface area contributed by atoms with Gasteiger partial charge in [-0.2, -0.15) is 5.26 Å². The molecule has 0 aromatic rings. The second-order valence-electron chi connectivity index (χ2n) is 5.10. The number of nitriles is 1. The minimum atomic E-state index is -0.710. The topological polar surface area (TPSA) is 71.5 Å². The summed E-state index contributed by atoms with van der Waals surface area (Å²) in [5.74, 6) is 0.360. The van der Waals surface area contributed by atoms with Crippen LogP contribution in [0.4, 0.5) is 0 Å². The van der Waals surface area contributed by atoms with E-state index in [1.807, 2.05) is 13.8 Å². The molecule has 0 bridgehead atoms. The Morgan fingerprint density at radius 3 is 2.11 bits per heavy atom. The summed E-state index contributed by atoms with van der Waals surface area (Å²) in [6.07, 6.45) is 2.16. The van der Waals surface area contributed by atoms with Gasteiger partial charge in [0.05, 0.1) is 19.3 Å². The number of nitrogens with two attached hydrogens (primary N) is 1. The number of nitrogens with zero attached hydrogens (tertiary/aromatic N) is 2. The summed E-state index contributed by atoms with van der Waals surface area (Å²) in [6, 6.07) is 2.31. The molecule has 0 spiro atoms. The lowest BCUT2D eigenvalue weighted by Gasteiger charge is -2.30. The zero-order chi connectivity index (χ0) is 14.1. The third kappa shape index (κ3) is 5.87. The van der Waals surface area contributed by atoms with E-state index in [9.17, 15) is 5.26 Å². The monoisotopic (exact) mass is 269 g/mol. The molecule has 1 aliphatic carbocycles. The van der Waals surface area contributed by atoms with Gasteiger partial charge in [-0.25, -0.2) is 0 Å². The van der Waals surface area contributed by atoms with Crippen LogP contribution in [0.25, 0.3) is 0 Å². The number of hydrogen-bond acceptors (Lipinski definition) is 5. The van der Waals surface area contributed by atoms with Crippen molar-refractivity contribution in [3.05, 3.63) is 0 Å². The summed E-state index contributed by atoms with van der Waals surface area (Å²) in [7, 11) is 0. The molecule has 1 aliphatic rings. The molecule has 110 valence electrons. The van der Waals surface area contributed by atoms with Gasteiger partial charge < -0.3 is 15.2 Å². The molecule has 0 amide bonds. The van der Waals surface area contributed by atoms with Crippen LogP contribution >= 0.6 is 0 Å². The van der Waals surface area contributed by atoms with E-state index in [0.717, 1.165) is 25.9 Å². The third-order valence-electron chi connectivity index (χ3n) is 3.51.